The maximum Gasteiger partial charge on any atom is 0.0300 e. The van der Waals surface area contributed by atoms with Crippen LogP contribution in [0.1, 0.15) is 32.8 Å². The van der Waals surface area contributed by atoms with Gasteiger partial charge in [0.25, 0.3) is 0 Å². The fourth-order valence-electron chi connectivity index (χ4n) is 1.33. The molecular formula is C13H22N2. The molecule has 1 rings (SSSR count). The van der Waals surface area contributed by atoms with E-state index in [9.17, 15) is 0 Å². The number of nitrogens with zero attached hydrogens (tertiary/aromatic N) is 1. The molecule has 1 N–H and O–H groups in total. The second-order valence-electron chi connectivity index (χ2n) is 4.81. The van der Waals surface area contributed by atoms with E-state index in [1.54, 1.807) is 0 Å². The first-order chi connectivity index (χ1) is 7.14. The SMILES string of the molecule is CCC(C)(C)CNCCc1cccnc1. The monoisotopic (exact) mass is 206 g/mol. The first kappa shape index (κ1) is 12.2. The highest BCUT2D eigenvalue weighted by molar-refractivity contribution is 5.08. The van der Waals surface area contributed by atoms with Crippen molar-refractivity contribution in [1.82, 2.24) is 10.3 Å². The Morgan fingerprint density at radius 2 is 2.20 bits per heavy atom. The summed E-state index contributed by atoms with van der Waals surface area (Å²) in [5.41, 5.74) is 1.72. The van der Waals surface area contributed by atoms with E-state index in [4.69, 9.17) is 0 Å². The van der Waals surface area contributed by atoms with Crippen molar-refractivity contribution in [1.29, 1.82) is 0 Å². The van der Waals surface area contributed by atoms with Gasteiger partial charge >= 0.3 is 0 Å². The number of hydrogen-bond donors (Lipinski definition) is 1. The van der Waals surface area contributed by atoms with E-state index in [0.29, 0.717) is 5.41 Å². The second kappa shape index (κ2) is 5.86. The van der Waals surface area contributed by atoms with Gasteiger partial charge in [0, 0.05) is 18.9 Å². The topological polar surface area (TPSA) is 24.9 Å². The molecule has 1 aromatic rings. The summed E-state index contributed by atoms with van der Waals surface area (Å²) in [4.78, 5) is 4.10. The smallest absolute Gasteiger partial charge is 0.0300 e. The summed E-state index contributed by atoms with van der Waals surface area (Å²) >= 11 is 0. The van der Waals surface area contributed by atoms with Crippen LogP contribution in [0.5, 0.6) is 0 Å². The van der Waals surface area contributed by atoms with Crippen LogP contribution >= 0.6 is 0 Å². The molecule has 0 fully saturated rings. The van der Waals surface area contributed by atoms with Crippen molar-refractivity contribution in [2.75, 3.05) is 13.1 Å². The lowest BCUT2D eigenvalue weighted by Gasteiger charge is -2.22. The molecule has 0 aliphatic carbocycles. The van der Waals surface area contributed by atoms with Crippen LogP contribution in [0.25, 0.3) is 0 Å². The number of hydrogen-bond acceptors (Lipinski definition) is 2. The highest BCUT2D eigenvalue weighted by Crippen LogP contribution is 2.17. The van der Waals surface area contributed by atoms with Gasteiger partial charge in [0.2, 0.25) is 0 Å². The van der Waals surface area contributed by atoms with Crippen LogP contribution in [0, 0.1) is 5.41 Å². The van der Waals surface area contributed by atoms with Gasteiger partial charge in [-0.1, -0.05) is 26.8 Å². The third-order valence-electron chi connectivity index (χ3n) is 2.87. The first-order valence-electron chi connectivity index (χ1n) is 5.74. The van der Waals surface area contributed by atoms with Crippen LogP contribution < -0.4 is 5.32 Å². The Bertz CT molecular complexity index is 267. The van der Waals surface area contributed by atoms with Gasteiger partial charge in [0.15, 0.2) is 0 Å². The average Bonchev–Trinajstić information content (AvgIpc) is 2.26. The zero-order valence-corrected chi connectivity index (χ0v) is 10.1. The molecule has 1 heterocycles. The van der Waals surface area contributed by atoms with E-state index in [2.05, 4.69) is 37.1 Å². The van der Waals surface area contributed by atoms with E-state index in [0.717, 1.165) is 19.5 Å². The normalized spacial score (nSPS) is 11.7. The van der Waals surface area contributed by atoms with Gasteiger partial charge in [-0.2, -0.15) is 0 Å². The summed E-state index contributed by atoms with van der Waals surface area (Å²) in [6.07, 6.45) is 6.03. The summed E-state index contributed by atoms with van der Waals surface area (Å²) < 4.78 is 0. The van der Waals surface area contributed by atoms with Gasteiger partial charge in [-0.25, -0.2) is 0 Å². The van der Waals surface area contributed by atoms with E-state index in [1.165, 1.54) is 12.0 Å². The predicted octanol–water partition coefficient (Wildman–Crippen LogP) is 2.65. The second-order valence-corrected chi connectivity index (χ2v) is 4.81. The number of rotatable bonds is 6. The third kappa shape index (κ3) is 4.93. The van der Waals surface area contributed by atoms with Crippen molar-refractivity contribution in [3.8, 4) is 0 Å². The van der Waals surface area contributed by atoms with Crippen LogP contribution in [-0.4, -0.2) is 18.1 Å². The molecular weight excluding hydrogens is 184 g/mol. The Hall–Kier alpha value is -0.890. The minimum absolute atomic E-state index is 0.412. The minimum atomic E-state index is 0.412. The number of nitrogens with one attached hydrogen (secondary N) is 1. The Balaban J connectivity index is 2.18. The van der Waals surface area contributed by atoms with Crippen molar-refractivity contribution in [3.05, 3.63) is 30.1 Å². The van der Waals surface area contributed by atoms with Crippen LogP contribution in [-0.2, 0) is 6.42 Å². The largest absolute Gasteiger partial charge is 0.316 e. The van der Waals surface area contributed by atoms with Crippen molar-refractivity contribution < 1.29 is 0 Å². The molecule has 0 bridgehead atoms. The molecule has 15 heavy (non-hydrogen) atoms. The third-order valence-corrected chi connectivity index (χ3v) is 2.87. The Morgan fingerprint density at radius 1 is 1.40 bits per heavy atom. The Labute approximate surface area is 93.1 Å². The molecule has 0 aromatic carbocycles. The lowest BCUT2D eigenvalue weighted by molar-refractivity contribution is 0.329. The maximum atomic E-state index is 4.10. The molecule has 0 spiro atoms. The summed E-state index contributed by atoms with van der Waals surface area (Å²) in [5.74, 6) is 0. The minimum Gasteiger partial charge on any atom is -0.316 e. The molecule has 1 aromatic heterocycles. The van der Waals surface area contributed by atoms with Crippen LogP contribution in [0.3, 0.4) is 0 Å². The zero-order valence-electron chi connectivity index (χ0n) is 10.1. The zero-order chi connectivity index (χ0) is 11.1. The molecule has 0 unspecified atom stereocenters. The van der Waals surface area contributed by atoms with Crippen LogP contribution in [0.4, 0.5) is 0 Å². The van der Waals surface area contributed by atoms with Gasteiger partial charge < -0.3 is 5.32 Å². The highest BCUT2D eigenvalue weighted by Gasteiger charge is 2.13. The summed E-state index contributed by atoms with van der Waals surface area (Å²) in [6, 6.07) is 4.12. The summed E-state index contributed by atoms with van der Waals surface area (Å²) in [5, 5.41) is 3.50. The van der Waals surface area contributed by atoms with Crippen LogP contribution in [0.2, 0.25) is 0 Å². The van der Waals surface area contributed by atoms with Crippen molar-refractivity contribution in [2.24, 2.45) is 5.41 Å². The van der Waals surface area contributed by atoms with E-state index >= 15 is 0 Å². The Kier molecular flexibility index (Phi) is 4.76. The lowest BCUT2D eigenvalue weighted by atomic mass is 9.90. The summed E-state index contributed by atoms with van der Waals surface area (Å²) in [7, 11) is 0. The van der Waals surface area contributed by atoms with Crippen molar-refractivity contribution >= 4 is 0 Å². The fourth-order valence-corrected chi connectivity index (χ4v) is 1.33. The molecule has 2 heteroatoms. The van der Waals surface area contributed by atoms with Crippen molar-refractivity contribution in [3.63, 3.8) is 0 Å². The highest BCUT2D eigenvalue weighted by atomic mass is 14.9. The predicted molar refractivity (Wildman–Crippen MR) is 64.9 cm³/mol. The average molecular weight is 206 g/mol. The fraction of sp³-hybridized carbons (Fsp3) is 0.615. The molecule has 0 saturated heterocycles. The summed E-state index contributed by atoms with van der Waals surface area (Å²) in [6.45, 7) is 8.95. The standard InChI is InChI=1S/C13H22N2/c1-4-13(2,3)11-15-9-7-12-6-5-8-14-10-12/h5-6,8,10,15H,4,7,9,11H2,1-3H3. The molecule has 0 aliphatic heterocycles. The van der Waals surface area contributed by atoms with Gasteiger partial charge in [0.05, 0.1) is 0 Å². The van der Waals surface area contributed by atoms with Gasteiger partial charge in [-0.15, -0.1) is 0 Å². The van der Waals surface area contributed by atoms with E-state index < -0.39 is 0 Å². The van der Waals surface area contributed by atoms with E-state index in [1.807, 2.05) is 18.5 Å². The Morgan fingerprint density at radius 3 is 2.80 bits per heavy atom. The molecule has 84 valence electrons. The quantitative estimate of drug-likeness (QED) is 0.724. The lowest BCUT2D eigenvalue weighted by Crippen LogP contribution is -2.30. The molecule has 0 radical (unpaired) electrons. The molecule has 0 saturated carbocycles. The van der Waals surface area contributed by atoms with Crippen LogP contribution in [0.15, 0.2) is 24.5 Å². The molecule has 0 aliphatic rings. The first-order valence-corrected chi connectivity index (χ1v) is 5.74. The number of pyridine rings is 1. The molecule has 0 amide bonds. The van der Waals surface area contributed by atoms with Crippen molar-refractivity contribution in [2.45, 2.75) is 33.6 Å². The van der Waals surface area contributed by atoms with E-state index in [-0.39, 0.29) is 0 Å². The van der Waals surface area contributed by atoms with Gasteiger partial charge in [0.1, 0.15) is 0 Å². The van der Waals surface area contributed by atoms with Gasteiger partial charge in [-0.3, -0.25) is 4.98 Å². The molecule has 2 nitrogen and oxygen atoms in total. The van der Waals surface area contributed by atoms with Gasteiger partial charge in [-0.05, 0) is 36.4 Å². The maximum absolute atomic E-state index is 4.10. The molecule has 0 atom stereocenters. The number of aromatic nitrogens is 1.